The molecule has 0 saturated carbocycles. The van der Waals surface area contributed by atoms with E-state index in [-0.39, 0.29) is 18.4 Å². The smallest absolute Gasteiger partial charge is 0.255 e. The summed E-state index contributed by atoms with van der Waals surface area (Å²) >= 11 is 6.13. The number of amides is 2. The summed E-state index contributed by atoms with van der Waals surface area (Å²) in [6.45, 7) is 1.61. The van der Waals surface area contributed by atoms with E-state index < -0.39 is 0 Å². The van der Waals surface area contributed by atoms with Gasteiger partial charge in [0.25, 0.3) is 5.91 Å². The third-order valence-corrected chi connectivity index (χ3v) is 4.52. The van der Waals surface area contributed by atoms with Crippen LogP contribution in [-0.4, -0.2) is 18.9 Å². The molecular weight excluding hydrogens is 404 g/mol. The lowest BCUT2D eigenvalue weighted by Gasteiger charge is -2.13. The van der Waals surface area contributed by atoms with Crippen LogP contribution in [-0.2, 0) is 11.4 Å². The predicted molar refractivity (Wildman–Crippen MR) is 117 cm³/mol. The van der Waals surface area contributed by atoms with Crippen LogP contribution in [0.4, 0.5) is 11.4 Å². The summed E-state index contributed by atoms with van der Waals surface area (Å²) in [6, 6.07) is 19.2. The highest BCUT2D eigenvalue weighted by molar-refractivity contribution is 6.32. The van der Waals surface area contributed by atoms with E-state index in [1.807, 2.05) is 12.1 Å². The zero-order chi connectivity index (χ0) is 21.5. The SMILES string of the molecule is COc1ccc(C(=O)Nc2cccc(NC(C)=O)c2)cc1COc1ccccc1Cl. The molecule has 154 valence electrons. The Morgan fingerprint density at radius 1 is 0.900 bits per heavy atom. The van der Waals surface area contributed by atoms with Gasteiger partial charge in [0.1, 0.15) is 18.1 Å². The quantitative estimate of drug-likeness (QED) is 0.550. The van der Waals surface area contributed by atoms with Crippen molar-refractivity contribution in [3.63, 3.8) is 0 Å². The van der Waals surface area contributed by atoms with E-state index in [0.717, 1.165) is 0 Å². The van der Waals surface area contributed by atoms with E-state index in [9.17, 15) is 9.59 Å². The molecule has 0 aliphatic carbocycles. The first-order chi connectivity index (χ1) is 14.5. The minimum Gasteiger partial charge on any atom is -0.496 e. The molecule has 2 amide bonds. The highest BCUT2D eigenvalue weighted by atomic mass is 35.5. The Balaban J connectivity index is 1.76. The maximum absolute atomic E-state index is 12.7. The number of ether oxygens (including phenoxy) is 2. The standard InChI is InChI=1S/C23H21ClN2O4/c1-15(27)25-18-6-5-7-19(13-18)26-23(28)16-10-11-21(29-2)17(12-16)14-30-22-9-4-3-8-20(22)24/h3-13H,14H2,1-2H3,(H,25,27)(H,26,28). The molecule has 3 aromatic carbocycles. The number of carbonyl (C=O) groups excluding carboxylic acids is 2. The lowest BCUT2D eigenvalue weighted by atomic mass is 10.1. The number of rotatable bonds is 7. The van der Waals surface area contributed by atoms with Gasteiger partial charge in [0.2, 0.25) is 5.91 Å². The Morgan fingerprint density at radius 3 is 2.33 bits per heavy atom. The number of para-hydroxylation sites is 1. The first-order valence-corrected chi connectivity index (χ1v) is 9.57. The fourth-order valence-electron chi connectivity index (χ4n) is 2.83. The normalized spacial score (nSPS) is 10.2. The molecule has 3 rings (SSSR count). The van der Waals surface area contributed by atoms with E-state index in [2.05, 4.69) is 10.6 Å². The van der Waals surface area contributed by atoms with Crippen molar-refractivity contribution in [2.75, 3.05) is 17.7 Å². The van der Waals surface area contributed by atoms with Gasteiger partial charge in [0.05, 0.1) is 12.1 Å². The van der Waals surface area contributed by atoms with E-state index in [4.69, 9.17) is 21.1 Å². The van der Waals surface area contributed by atoms with Crippen LogP contribution in [0.2, 0.25) is 5.02 Å². The van der Waals surface area contributed by atoms with Crippen molar-refractivity contribution in [1.82, 2.24) is 0 Å². The zero-order valence-electron chi connectivity index (χ0n) is 16.6. The third-order valence-electron chi connectivity index (χ3n) is 4.20. The second-order valence-corrected chi connectivity index (χ2v) is 6.87. The first-order valence-electron chi connectivity index (χ1n) is 9.19. The van der Waals surface area contributed by atoms with Gasteiger partial charge >= 0.3 is 0 Å². The van der Waals surface area contributed by atoms with Crippen molar-refractivity contribution in [2.24, 2.45) is 0 Å². The number of nitrogens with one attached hydrogen (secondary N) is 2. The van der Waals surface area contributed by atoms with Crippen LogP contribution >= 0.6 is 11.6 Å². The van der Waals surface area contributed by atoms with Crippen LogP contribution in [0.3, 0.4) is 0 Å². The molecule has 30 heavy (non-hydrogen) atoms. The number of anilines is 2. The number of hydrogen-bond donors (Lipinski definition) is 2. The van der Waals surface area contributed by atoms with Crippen molar-refractivity contribution in [3.05, 3.63) is 82.9 Å². The number of methoxy groups -OCH3 is 1. The van der Waals surface area contributed by atoms with Crippen LogP contribution in [0.15, 0.2) is 66.7 Å². The molecule has 0 bridgehead atoms. The summed E-state index contributed by atoms with van der Waals surface area (Å²) < 4.78 is 11.2. The van der Waals surface area contributed by atoms with Crippen LogP contribution in [0.5, 0.6) is 11.5 Å². The van der Waals surface area contributed by atoms with Crippen LogP contribution < -0.4 is 20.1 Å². The molecule has 3 aromatic rings. The third kappa shape index (κ3) is 5.52. The van der Waals surface area contributed by atoms with Crippen molar-refractivity contribution in [2.45, 2.75) is 13.5 Å². The van der Waals surface area contributed by atoms with Gasteiger partial charge in [-0.25, -0.2) is 0 Å². The molecule has 7 heteroatoms. The fraction of sp³-hybridized carbons (Fsp3) is 0.130. The maximum atomic E-state index is 12.7. The molecular formula is C23H21ClN2O4. The molecule has 0 fully saturated rings. The lowest BCUT2D eigenvalue weighted by molar-refractivity contribution is -0.114. The molecule has 0 saturated heterocycles. The van der Waals surface area contributed by atoms with Crippen LogP contribution in [0, 0.1) is 0 Å². The largest absolute Gasteiger partial charge is 0.496 e. The summed E-state index contributed by atoms with van der Waals surface area (Å²) in [5, 5.41) is 6.02. The summed E-state index contributed by atoms with van der Waals surface area (Å²) in [6.07, 6.45) is 0. The molecule has 6 nitrogen and oxygen atoms in total. The number of hydrogen-bond acceptors (Lipinski definition) is 4. The van der Waals surface area contributed by atoms with Gasteiger partial charge in [0.15, 0.2) is 0 Å². The molecule has 2 N–H and O–H groups in total. The van der Waals surface area contributed by atoms with Gasteiger partial charge in [-0.1, -0.05) is 29.8 Å². The summed E-state index contributed by atoms with van der Waals surface area (Å²) in [5.41, 5.74) is 2.32. The van der Waals surface area contributed by atoms with E-state index in [1.54, 1.807) is 61.7 Å². The average molecular weight is 425 g/mol. The molecule has 0 unspecified atom stereocenters. The minimum atomic E-state index is -0.295. The Hall–Kier alpha value is -3.51. The Labute approximate surface area is 179 Å². The second-order valence-electron chi connectivity index (χ2n) is 6.46. The van der Waals surface area contributed by atoms with Gasteiger partial charge < -0.3 is 20.1 Å². The number of halogens is 1. The highest BCUT2D eigenvalue weighted by Gasteiger charge is 2.12. The minimum absolute atomic E-state index is 0.184. The highest BCUT2D eigenvalue weighted by Crippen LogP contribution is 2.27. The van der Waals surface area contributed by atoms with Gasteiger partial charge in [-0.15, -0.1) is 0 Å². The molecule has 0 atom stereocenters. The van der Waals surface area contributed by atoms with Crippen molar-refractivity contribution in [3.8, 4) is 11.5 Å². The van der Waals surface area contributed by atoms with Gasteiger partial charge in [0, 0.05) is 29.4 Å². The van der Waals surface area contributed by atoms with Crippen molar-refractivity contribution < 1.29 is 19.1 Å². The van der Waals surface area contributed by atoms with E-state index in [0.29, 0.717) is 39.0 Å². The molecule has 0 spiro atoms. The Bertz CT molecular complexity index is 1070. The fourth-order valence-corrected chi connectivity index (χ4v) is 3.02. The van der Waals surface area contributed by atoms with Crippen LogP contribution in [0.1, 0.15) is 22.8 Å². The molecule has 0 radical (unpaired) electrons. The van der Waals surface area contributed by atoms with Gasteiger partial charge in [-0.3, -0.25) is 9.59 Å². The summed E-state index contributed by atoms with van der Waals surface area (Å²) in [4.78, 5) is 23.9. The predicted octanol–water partition coefficient (Wildman–Crippen LogP) is 5.14. The first kappa shape index (κ1) is 21.2. The van der Waals surface area contributed by atoms with E-state index in [1.165, 1.54) is 6.92 Å². The number of benzene rings is 3. The Kier molecular flexibility index (Phi) is 6.93. The van der Waals surface area contributed by atoms with Gasteiger partial charge in [-0.2, -0.15) is 0 Å². The molecule has 0 aromatic heterocycles. The lowest BCUT2D eigenvalue weighted by Crippen LogP contribution is -2.13. The van der Waals surface area contributed by atoms with Gasteiger partial charge in [-0.05, 0) is 48.5 Å². The number of carbonyl (C=O) groups is 2. The van der Waals surface area contributed by atoms with Crippen LogP contribution in [0.25, 0.3) is 0 Å². The topological polar surface area (TPSA) is 76.7 Å². The van der Waals surface area contributed by atoms with Crippen molar-refractivity contribution in [1.29, 1.82) is 0 Å². The molecule has 0 aliphatic heterocycles. The zero-order valence-corrected chi connectivity index (χ0v) is 17.3. The second kappa shape index (κ2) is 9.80. The monoisotopic (exact) mass is 424 g/mol. The average Bonchev–Trinajstić information content (AvgIpc) is 2.72. The van der Waals surface area contributed by atoms with E-state index >= 15 is 0 Å². The summed E-state index contributed by atoms with van der Waals surface area (Å²) in [7, 11) is 1.56. The molecule has 0 aliphatic rings. The molecule has 0 heterocycles. The Morgan fingerprint density at radius 2 is 1.63 bits per heavy atom. The maximum Gasteiger partial charge on any atom is 0.255 e. The summed E-state index contributed by atoms with van der Waals surface area (Å²) in [5.74, 6) is 0.672. The van der Waals surface area contributed by atoms with Crippen molar-refractivity contribution >= 4 is 34.8 Å².